The Kier molecular flexibility index (Phi) is 27.6. The quantitative estimate of drug-likeness (QED) is 0.786. The van der Waals surface area contributed by atoms with Gasteiger partial charge in [-0.15, -0.1) is 0 Å². The fourth-order valence-corrected chi connectivity index (χ4v) is 1.71. The highest BCUT2D eigenvalue weighted by Gasteiger charge is 2.18. The Morgan fingerprint density at radius 1 is 1.22 bits per heavy atom. The Bertz CT molecular complexity index is 140. The van der Waals surface area contributed by atoms with Crippen molar-refractivity contribution in [3.63, 3.8) is 0 Å². The molecule has 112 valence electrons. The van der Waals surface area contributed by atoms with Crippen molar-refractivity contribution in [3.05, 3.63) is 0 Å². The lowest BCUT2D eigenvalue weighted by molar-refractivity contribution is -0.114. The summed E-state index contributed by atoms with van der Waals surface area (Å²) >= 11 is 0. The van der Waals surface area contributed by atoms with Crippen LogP contribution in [0.3, 0.4) is 0 Å². The molecule has 1 rings (SSSR count). The maximum Gasteiger partial charge on any atom is 0.145 e. The first-order valence-electron chi connectivity index (χ1n) is 7.37. The molecule has 3 nitrogen and oxygen atoms in total. The van der Waals surface area contributed by atoms with E-state index in [0.717, 1.165) is 25.0 Å². The van der Waals surface area contributed by atoms with Crippen LogP contribution in [0.4, 0.5) is 0 Å². The average molecular weight is 261 g/mol. The van der Waals surface area contributed by atoms with Crippen molar-refractivity contribution in [2.45, 2.75) is 72.8 Å². The molecule has 0 aromatic rings. The second kappa shape index (κ2) is 21.8. The molecule has 1 aliphatic rings. The molecule has 2 atom stereocenters. The Morgan fingerprint density at radius 3 is 2.11 bits per heavy atom. The van der Waals surface area contributed by atoms with Crippen molar-refractivity contribution >= 4 is 6.29 Å². The zero-order valence-electron chi connectivity index (χ0n) is 13.4. The van der Waals surface area contributed by atoms with Crippen LogP contribution in [0, 0.1) is 5.92 Å². The lowest BCUT2D eigenvalue weighted by Gasteiger charge is -2.25. The van der Waals surface area contributed by atoms with Gasteiger partial charge in [0.05, 0.1) is 6.10 Å². The maximum absolute atomic E-state index is 10.0. The summed E-state index contributed by atoms with van der Waals surface area (Å²) in [5.41, 5.74) is 4.50. The fourth-order valence-electron chi connectivity index (χ4n) is 1.71. The van der Waals surface area contributed by atoms with Gasteiger partial charge in [0.25, 0.3) is 0 Å². The van der Waals surface area contributed by atoms with E-state index in [2.05, 4.69) is 26.5 Å². The third-order valence-corrected chi connectivity index (χ3v) is 2.29. The number of rotatable bonds is 3. The summed E-state index contributed by atoms with van der Waals surface area (Å²) in [5, 5.41) is 0. The van der Waals surface area contributed by atoms with E-state index in [1.165, 1.54) is 26.3 Å². The van der Waals surface area contributed by atoms with Gasteiger partial charge in [0, 0.05) is 0 Å². The smallest absolute Gasteiger partial charge is 0.145 e. The molecule has 0 aliphatic heterocycles. The number of aldehydes is 1. The van der Waals surface area contributed by atoms with Crippen molar-refractivity contribution in [2.75, 3.05) is 13.7 Å². The number of nitrogens with two attached hydrogens (primary N) is 1. The van der Waals surface area contributed by atoms with E-state index in [1.807, 2.05) is 13.8 Å². The van der Waals surface area contributed by atoms with Gasteiger partial charge < -0.3 is 15.3 Å². The number of hydrogen-bond acceptors (Lipinski definition) is 3. The molecular formula is C15H35NO2. The SMILES string of the molecule is CC.CCC.CN.C[C@@H]1CCC[C@H](OCC=O)C1. The zero-order valence-corrected chi connectivity index (χ0v) is 13.4. The molecule has 1 aliphatic carbocycles. The Morgan fingerprint density at radius 2 is 1.72 bits per heavy atom. The standard InChI is InChI=1S/C9H16O2.C3H8.C2H6.CH5N/c1-8-3-2-4-9(7-8)11-6-5-10;1-3-2;2*1-2/h5,8-9H,2-4,6-7H2,1H3;3H2,1-2H3;1-2H3;2H2,1H3/t8-,9+;;;/m1.../s1. The number of carbonyl (C=O) groups excluding carboxylic acids is 1. The van der Waals surface area contributed by atoms with Crippen LogP contribution in [-0.2, 0) is 9.53 Å². The first-order chi connectivity index (χ1) is 8.74. The van der Waals surface area contributed by atoms with E-state index >= 15 is 0 Å². The monoisotopic (exact) mass is 261 g/mol. The Balaban J connectivity index is -0.000000274. The number of ether oxygens (including phenoxy) is 1. The zero-order chi connectivity index (χ0) is 14.8. The highest BCUT2D eigenvalue weighted by Crippen LogP contribution is 2.25. The molecule has 0 radical (unpaired) electrons. The molecular weight excluding hydrogens is 226 g/mol. The molecule has 1 fully saturated rings. The number of carbonyl (C=O) groups is 1. The molecule has 2 N–H and O–H groups in total. The minimum atomic E-state index is 0.275. The van der Waals surface area contributed by atoms with Gasteiger partial charge in [-0.1, -0.05) is 53.9 Å². The second-order valence-electron chi connectivity index (χ2n) is 4.10. The molecule has 0 spiro atoms. The molecule has 1 saturated carbocycles. The summed E-state index contributed by atoms with van der Waals surface area (Å²) in [5.74, 6) is 0.778. The molecule has 0 saturated heterocycles. The minimum absolute atomic E-state index is 0.275. The molecule has 3 heteroatoms. The van der Waals surface area contributed by atoms with Gasteiger partial charge in [-0.25, -0.2) is 0 Å². The summed E-state index contributed by atoms with van der Waals surface area (Å²) in [7, 11) is 1.50. The van der Waals surface area contributed by atoms with E-state index in [4.69, 9.17) is 4.74 Å². The molecule has 0 heterocycles. The first kappa shape index (κ1) is 22.7. The molecule has 0 aromatic heterocycles. The van der Waals surface area contributed by atoms with E-state index < -0.39 is 0 Å². The van der Waals surface area contributed by atoms with Gasteiger partial charge >= 0.3 is 0 Å². The van der Waals surface area contributed by atoms with Gasteiger partial charge in [0.2, 0.25) is 0 Å². The summed E-state index contributed by atoms with van der Waals surface area (Å²) in [6, 6.07) is 0. The predicted molar refractivity (Wildman–Crippen MR) is 80.9 cm³/mol. The average Bonchev–Trinajstić information content (AvgIpc) is 2.42. The van der Waals surface area contributed by atoms with Crippen molar-refractivity contribution in [2.24, 2.45) is 11.7 Å². The second-order valence-corrected chi connectivity index (χ2v) is 4.10. The van der Waals surface area contributed by atoms with Crippen LogP contribution in [0.5, 0.6) is 0 Å². The third kappa shape index (κ3) is 18.0. The normalized spacial score (nSPS) is 21.1. The van der Waals surface area contributed by atoms with Crippen molar-refractivity contribution in [3.8, 4) is 0 Å². The van der Waals surface area contributed by atoms with Crippen LogP contribution in [0.25, 0.3) is 0 Å². The molecule has 18 heavy (non-hydrogen) atoms. The number of hydrogen-bond donors (Lipinski definition) is 1. The van der Waals surface area contributed by atoms with E-state index in [-0.39, 0.29) is 6.61 Å². The third-order valence-electron chi connectivity index (χ3n) is 2.29. The van der Waals surface area contributed by atoms with Crippen LogP contribution >= 0.6 is 0 Å². The highest BCUT2D eigenvalue weighted by molar-refractivity contribution is 5.50. The molecule has 0 amide bonds. The molecule has 0 bridgehead atoms. The first-order valence-corrected chi connectivity index (χ1v) is 7.37. The van der Waals surface area contributed by atoms with Crippen LogP contribution < -0.4 is 5.73 Å². The van der Waals surface area contributed by atoms with Crippen LogP contribution in [0.2, 0.25) is 0 Å². The van der Waals surface area contributed by atoms with Crippen LogP contribution in [0.15, 0.2) is 0 Å². The van der Waals surface area contributed by atoms with Crippen molar-refractivity contribution in [1.29, 1.82) is 0 Å². The van der Waals surface area contributed by atoms with E-state index in [1.54, 1.807) is 0 Å². The molecule has 0 unspecified atom stereocenters. The van der Waals surface area contributed by atoms with Crippen molar-refractivity contribution in [1.82, 2.24) is 0 Å². The van der Waals surface area contributed by atoms with Gasteiger partial charge in [0.1, 0.15) is 12.9 Å². The minimum Gasteiger partial charge on any atom is -0.371 e. The van der Waals surface area contributed by atoms with Crippen molar-refractivity contribution < 1.29 is 9.53 Å². The largest absolute Gasteiger partial charge is 0.371 e. The van der Waals surface area contributed by atoms with Crippen LogP contribution in [-0.4, -0.2) is 26.0 Å². The van der Waals surface area contributed by atoms with E-state index in [9.17, 15) is 4.79 Å². The summed E-state index contributed by atoms with van der Waals surface area (Å²) in [6.45, 7) is 10.8. The van der Waals surface area contributed by atoms with Gasteiger partial charge in [-0.05, 0) is 25.8 Å². The van der Waals surface area contributed by atoms with Gasteiger partial charge in [-0.2, -0.15) is 0 Å². The Labute approximate surface area is 114 Å². The maximum atomic E-state index is 10.0. The lowest BCUT2D eigenvalue weighted by Crippen LogP contribution is -2.22. The van der Waals surface area contributed by atoms with Gasteiger partial charge in [0.15, 0.2) is 0 Å². The summed E-state index contributed by atoms with van der Waals surface area (Å²) in [6.07, 6.45) is 7.28. The predicted octanol–water partition coefficient (Wildman–Crippen LogP) is 3.80. The van der Waals surface area contributed by atoms with E-state index in [0.29, 0.717) is 6.10 Å². The van der Waals surface area contributed by atoms with Crippen LogP contribution in [0.1, 0.15) is 66.7 Å². The Hall–Kier alpha value is -0.410. The molecule has 0 aromatic carbocycles. The van der Waals surface area contributed by atoms with Gasteiger partial charge in [-0.3, -0.25) is 0 Å². The topological polar surface area (TPSA) is 52.3 Å². The fraction of sp³-hybridized carbons (Fsp3) is 0.933. The summed E-state index contributed by atoms with van der Waals surface area (Å²) in [4.78, 5) is 10.0. The lowest BCUT2D eigenvalue weighted by atomic mass is 9.89. The highest BCUT2D eigenvalue weighted by atomic mass is 16.5. The summed E-state index contributed by atoms with van der Waals surface area (Å²) < 4.78 is 5.33.